The fourth-order valence-corrected chi connectivity index (χ4v) is 3.14. The molecule has 1 heterocycles. The molecule has 0 N–H and O–H groups in total. The molecule has 7 nitrogen and oxygen atoms in total. The maximum atomic E-state index is 12.7. The van der Waals surface area contributed by atoms with E-state index >= 15 is 0 Å². The number of carbonyl (C=O) groups is 1. The first kappa shape index (κ1) is 23.8. The van der Waals surface area contributed by atoms with Gasteiger partial charge < -0.3 is 23.8 Å². The fraction of sp³-hybridized carbons (Fsp3) is 0.280. The van der Waals surface area contributed by atoms with Crippen molar-refractivity contribution in [3.8, 4) is 28.9 Å². The Balaban J connectivity index is 1.91. The topological polar surface area (TPSA) is 70.1 Å². The number of hydrogen-bond donors (Lipinski definition) is 0. The third kappa shape index (κ3) is 6.35. The van der Waals surface area contributed by atoms with Gasteiger partial charge in [-0.2, -0.15) is 0 Å². The van der Waals surface area contributed by atoms with E-state index in [1.54, 1.807) is 79.9 Å². The van der Waals surface area contributed by atoms with Crippen LogP contribution in [0.15, 0.2) is 60.8 Å². The van der Waals surface area contributed by atoms with Gasteiger partial charge in [0.1, 0.15) is 28.7 Å². The summed E-state index contributed by atoms with van der Waals surface area (Å²) in [5.74, 6) is 2.49. The van der Waals surface area contributed by atoms with E-state index in [1.807, 2.05) is 0 Å². The summed E-state index contributed by atoms with van der Waals surface area (Å²) in [7, 11) is 3.15. The van der Waals surface area contributed by atoms with Crippen LogP contribution in [0.4, 0.5) is 10.1 Å². The maximum Gasteiger partial charge on any atom is 0.243 e. The fourth-order valence-electron chi connectivity index (χ4n) is 3.14. The molecule has 33 heavy (non-hydrogen) atoms. The third-order valence-electron chi connectivity index (χ3n) is 4.83. The normalized spacial score (nSPS) is 10.4. The molecule has 0 aliphatic rings. The number of carbonyl (C=O) groups excluding carboxylic acids is 1. The van der Waals surface area contributed by atoms with Crippen LogP contribution in [-0.2, 0) is 11.3 Å². The highest BCUT2D eigenvalue weighted by Crippen LogP contribution is 2.34. The smallest absolute Gasteiger partial charge is 0.243 e. The molecule has 0 saturated carbocycles. The lowest BCUT2D eigenvalue weighted by Crippen LogP contribution is -2.28. The predicted molar refractivity (Wildman–Crippen MR) is 123 cm³/mol. The van der Waals surface area contributed by atoms with Gasteiger partial charge in [-0.25, -0.2) is 4.98 Å². The van der Waals surface area contributed by atoms with Crippen LogP contribution in [0.1, 0.15) is 18.9 Å². The number of alkyl halides is 1. The number of halogens is 1. The van der Waals surface area contributed by atoms with Gasteiger partial charge in [0.25, 0.3) is 0 Å². The van der Waals surface area contributed by atoms with Crippen LogP contribution < -0.4 is 23.8 Å². The third-order valence-corrected chi connectivity index (χ3v) is 4.83. The highest BCUT2D eigenvalue weighted by molar-refractivity contribution is 5.92. The molecule has 8 heteroatoms. The van der Waals surface area contributed by atoms with Crippen molar-refractivity contribution in [3.63, 3.8) is 0 Å². The molecular weight excluding hydrogens is 426 g/mol. The van der Waals surface area contributed by atoms with Gasteiger partial charge in [-0.3, -0.25) is 9.18 Å². The minimum absolute atomic E-state index is 0.183. The van der Waals surface area contributed by atoms with Crippen LogP contribution in [0.3, 0.4) is 0 Å². The molecule has 1 aromatic heterocycles. The predicted octanol–water partition coefficient (Wildman–Crippen LogP) is 5.18. The van der Waals surface area contributed by atoms with E-state index in [0.29, 0.717) is 34.2 Å². The van der Waals surface area contributed by atoms with E-state index in [9.17, 15) is 9.18 Å². The van der Waals surface area contributed by atoms with Gasteiger partial charge in [-0.1, -0.05) is 0 Å². The Kier molecular flexibility index (Phi) is 8.46. The molecule has 174 valence electrons. The molecule has 3 aromatic rings. The van der Waals surface area contributed by atoms with Gasteiger partial charge in [0.15, 0.2) is 0 Å². The Morgan fingerprint density at radius 1 is 1.00 bits per heavy atom. The summed E-state index contributed by atoms with van der Waals surface area (Å²) in [4.78, 5) is 18.5. The molecule has 0 unspecified atom stereocenters. The molecule has 0 bridgehead atoms. The second-order valence-corrected chi connectivity index (χ2v) is 7.08. The summed E-state index contributed by atoms with van der Waals surface area (Å²) >= 11 is 0. The number of benzene rings is 2. The first-order valence-electron chi connectivity index (χ1n) is 10.5. The number of nitrogens with zero attached hydrogens (tertiary/aromatic N) is 2. The van der Waals surface area contributed by atoms with Crippen molar-refractivity contribution in [2.75, 3.05) is 32.4 Å². The minimum Gasteiger partial charge on any atom is -0.497 e. The van der Waals surface area contributed by atoms with Crippen molar-refractivity contribution in [1.29, 1.82) is 0 Å². The number of ether oxygens (including phenoxy) is 4. The van der Waals surface area contributed by atoms with E-state index in [-0.39, 0.29) is 31.4 Å². The number of hydrogen-bond acceptors (Lipinski definition) is 6. The van der Waals surface area contributed by atoms with Crippen LogP contribution >= 0.6 is 0 Å². The molecule has 0 aliphatic heterocycles. The van der Waals surface area contributed by atoms with E-state index in [0.717, 1.165) is 0 Å². The number of pyridine rings is 1. The van der Waals surface area contributed by atoms with Crippen LogP contribution in [0.25, 0.3) is 0 Å². The van der Waals surface area contributed by atoms with Crippen molar-refractivity contribution in [1.82, 2.24) is 4.98 Å². The molecule has 0 saturated heterocycles. The second kappa shape index (κ2) is 11.7. The lowest BCUT2D eigenvalue weighted by molar-refractivity contribution is -0.116. The van der Waals surface area contributed by atoms with Crippen molar-refractivity contribution < 1.29 is 28.1 Å². The van der Waals surface area contributed by atoms with Crippen molar-refractivity contribution in [2.45, 2.75) is 19.9 Å². The monoisotopic (exact) mass is 453 g/mol. The van der Waals surface area contributed by atoms with E-state index < -0.39 is 6.67 Å². The Morgan fingerprint density at radius 2 is 1.70 bits per heavy atom. The quantitative estimate of drug-likeness (QED) is 0.373. The highest BCUT2D eigenvalue weighted by atomic mass is 18.2. The Labute approximate surface area is 192 Å². The number of rotatable bonds is 11. The van der Waals surface area contributed by atoms with Crippen LogP contribution in [0.2, 0.25) is 0 Å². The average molecular weight is 454 g/mol. The number of methoxy groups -OCH3 is 2. The standard InChI is InChI=1S/C25H27FN2O5/c1-18(29)28(17-19-16-22(31-3)11-12-24(19)32-15-5-13-26)23-6-4-14-27-25(23)33-21-9-7-20(30-2)8-10-21/h4,6-12,14,16H,5,13,15,17H2,1-3H3/i26-1. The lowest BCUT2D eigenvalue weighted by atomic mass is 10.1. The van der Waals surface area contributed by atoms with Gasteiger partial charge in [-0.05, 0) is 54.6 Å². The number of aromatic nitrogens is 1. The Morgan fingerprint density at radius 3 is 2.36 bits per heavy atom. The summed E-state index contributed by atoms with van der Waals surface area (Å²) in [5.41, 5.74) is 1.21. The summed E-state index contributed by atoms with van der Waals surface area (Å²) in [6.45, 7) is 1.41. The Hall–Kier alpha value is -3.81. The highest BCUT2D eigenvalue weighted by Gasteiger charge is 2.20. The lowest BCUT2D eigenvalue weighted by Gasteiger charge is -2.24. The van der Waals surface area contributed by atoms with Gasteiger partial charge in [0.2, 0.25) is 11.8 Å². The first-order chi connectivity index (χ1) is 16.0. The van der Waals surface area contributed by atoms with Gasteiger partial charge >= 0.3 is 0 Å². The average Bonchev–Trinajstić information content (AvgIpc) is 2.84. The molecular formula is C25H27FN2O5. The molecule has 0 spiro atoms. The SMILES string of the molecule is COc1ccc(Oc2ncccc2N(Cc2cc(OC)ccc2OCCC[18F])C(C)=O)cc1. The van der Waals surface area contributed by atoms with E-state index in [2.05, 4.69) is 4.98 Å². The number of anilines is 1. The largest absolute Gasteiger partial charge is 0.497 e. The summed E-state index contributed by atoms with van der Waals surface area (Å²) < 4.78 is 34.8. The van der Waals surface area contributed by atoms with Crippen molar-refractivity contribution in [3.05, 3.63) is 66.4 Å². The zero-order chi connectivity index (χ0) is 23.6. The molecule has 3 rings (SSSR count). The molecule has 0 fully saturated rings. The van der Waals surface area contributed by atoms with Gasteiger partial charge in [0, 0.05) is 25.1 Å². The number of amides is 1. The summed E-state index contributed by atoms with van der Waals surface area (Å²) in [5, 5.41) is 0. The van der Waals surface area contributed by atoms with Crippen LogP contribution in [0.5, 0.6) is 28.9 Å². The van der Waals surface area contributed by atoms with Crippen molar-refractivity contribution >= 4 is 11.6 Å². The molecule has 2 aromatic carbocycles. The van der Waals surface area contributed by atoms with E-state index in [1.165, 1.54) is 6.92 Å². The molecule has 0 atom stereocenters. The molecule has 0 radical (unpaired) electrons. The molecule has 1 amide bonds. The van der Waals surface area contributed by atoms with Gasteiger partial charge in [0.05, 0.1) is 34.0 Å². The zero-order valence-electron chi connectivity index (χ0n) is 18.9. The van der Waals surface area contributed by atoms with Crippen LogP contribution in [0, 0.1) is 0 Å². The van der Waals surface area contributed by atoms with Crippen LogP contribution in [-0.4, -0.2) is 38.4 Å². The first-order valence-corrected chi connectivity index (χ1v) is 10.5. The van der Waals surface area contributed by atoms with Crippen molar-refractivity contribution in [2.24, 2.45) is 0 Å². The van der Waals surface area contributed by atoms with E-state index in [4.69, 9.17) is 18.9 Å². The van der Waals surface area contributed by atoms with Gasteiger partial charge in [-0.15, -0.1) is 0 Å². The second-order valence-electron chi connectivity index (χ2n) is 7.08. The summed E-state index contributed by atoms with van der Waals surface area (Å²) in [6.07, 6.45) is 1.88. The Bertz CT molecular complexity index is 1060. The summed E-state index contributed by atoms with van der Waals surface area (Å²) in [6, 6.07) is 15.9. The minimum atomic E-state index is -0.465. The molecule has 0 aliphatic carbocycles. The maximum absolute atomic E-state index is 12.7. The zero-order valence-corrected chi connectivity index (χ0v) is 18.9.